The molecule has 0 saturated heterocycles. The molecule has 3 heteroatoms. The molecule has 0 heterocycles. The van der Waals surface area contributed by atoms with Crippen LogP contribution in [0.25, 0.3) is 0 Å². The SMILES string of the molecule is C#CCC(C)NC(=O)[C@@H](N)C(C)CC. The van der Waals surface area contributed by atoms with Gasteiger partial charge in [-0.1, -0.05) is 20.3 Å². The summed E-state index contributed by atoms with van der Waals surface area (Å²) in [6.07, 6.45) is 6.58. The van der Waals surface area contributed by atoms with E-state index in [4.69, 9.17) is 12.2 Å². The van der Waals surface area contributed by atoms with Crippen LogP contribution in [0.5, 0.6) is 0 Å². The van der Waals surface area contributed by atoms with Gasteiger partial charge >= 0.3 is 0 Å². The fraction of sp³-hybridized carbons (Fsp3) is 0.727. The molecule has 0 aromatic carbocycles. The van der Waals surface area contributed by atoms with Gasteiger partial charge < -0.3 is 11.1 Å². The molecule has 3 nitrogen and oxygen atoms in total. The van der Waals surface area contributed by atoms with Gasteiger partial charge in [-0.15, -0.1) is 12.3 Å². The molecule has 0 aromatic heterocycles. The summed E-state index contributed by atoms with van der Waals surface area (Å²) in [6, 6.07) is -0.428. The highest BCUT2D eigenvalue weighted by Gasteiger charge is 2.20. The molecule has 0 bridgehead atoms. The summed E-state index contributed by atoms with van der Waals surface area (Å²) >= 11 is 0. The Bertz CT molecular complexity index is 220. The molecule has 0 rings (SSSR count). The van der Waals surface area contributed by atoms with E-state index < -0.39 is 6.04 Å². The van der Waals surface area contributed by atoms with Crippen molar-refractivity contribution in [2.24, 2.45) is 11.7 Å². The second-order valence-electron chi connectivity index (χ2n) is 3.73. The minimum atomic E-state index is -0.430. The van der Waals surface area contributed by atoms with Crippen LogP contribution in [0.15, 0.2) is 0 Å². The zero-order valence-corrected chi connectivity index (χ0v) is 9.21. The summed E-state index contributed by atoms with van der Waals surface area (Å²) in [5.41, 5.74) is 5.75. The van der Waals surface area contributed by atoms with Crippen LogP contribution in [0.4, 0.5) is 0 Å². The number of terminal acetylenes is 1. The number of amides is 1. The van der Waals surface area contributed by atoms with E-state index in [1.165, 1.54) is 0 Å². The maximum atomic E-state index is 11.5. The van der Waals surface area contributed by atoms with E-state index in [2.05, 4.69) is 11.2 Å². The van der Waals surface area contributed by atoms with Crippen molar-refractivity contribution in [3.63, 3.8) is 0 Å². The zero-order valence-electron chi connectivity index (χ0n) is 9.21. The van der Waals surface area contributed by atoms with Gasteiger partial charge in [-0.2, -0.15) is 0 Å². The number of carbonyl (C=O) groups excluding carboxylic acids is 1. The summed E-state index contributed by atoms with van der Waals surface area (Å²) in [6.45, 7) is 5.86. The molecule has 14 heavy (non-hydrogen) atoms. The molecule has 0 radical (unpaired) electrons. The molecule has 2 unspecified atom stereocenters. The molecule has 1 amide bonds. The van der Waals surface area contributed by atoms with Gasteiger partial charge in [0.05, 0.1) is 6.04 Å². The Morgan fingerprint density at radius 2 is 2.14 bits per heavy atom. The van der Waals surface area contributed by atoms with E-state index in [0.717, 1.165) is 6.42 Å². The van der Waals surface area contributed by atoms with E-state index in [-0.39, 0.29) is 17.9 Å². The first-order valence-corrected chi connectivity index (χ1v) is 5.02. The Labute approximate surface area is 86.4 Å². The van der Waals surface area contributed by atoms with Crippen LogP contribution in [0.2, 0.25) is 0 Å². The fourth-order valence-corrected chi connectivity index (χ4v) is 1.08. The third kappa shape index (κ3) is 4.29. The van der Waals surface area contributed by atoms with Crippen LogP contribution < -0.4 is 11.1 Å². The average Bonchev–Trinajstić information content (AvgIpc) is 2.15. The van der Waals surface area contributed by atoms with Crippen LogP contribution in [-0.4, -0.2) is 18.0 Å². The predicted molar refractivity (Wildman–Crippen MR) is 58.5 cm³/mol. The first-order chi connectivity index (χ1) is 6.52. The molecule has 0 aliphatic rings. The molecule has 0 aliphatic heterocycles. The molecule has 3 atom stereocenters. The van der Waals surface area contributed by atoms with Gasteiger partial charge in [0.25, 0.3) is 0 Å². The summed E-state index contributed by atoms with van der Waals surface area (Å²) in [7, 11) is 0. The lowest BCUT2D eigenvalue weighted by molar-refractivity contribution is -0.123. The lowest BCUT2D eigenvalue weighted by Crippen LogP contribution is -2.47. The van der Waals surface area contributed by atoms with Gasteiger partial charge in [0.2, 0.25) is 5.91 Å². The van der Waals surface area contributed by atoms with E-state index in [1.54, 1.807) is 0 Å². The second-order valence-corrected chi connectivity index (χ2v) is 3.73. The number of nitrogens with two attached hydrogens (primary N) is 1. The van der Waals surface area contributed by atoms with Crippen LogP contribution in [0.3, 0.4) is 0 Å². The first-order valence-electron chi connectivity index (χ1n) is 5.02. The number of hydrogen-bond acceptors (Lipinski definition) is 2. The Morgan fingerprint density at radius 3 is 2.57 bits per heavy atom. The van der Waals surface area contributed by atoms with E-state index in [0.29, 0.717) is 6.42 Å². The van der Waals surface area contributed by atoms with Crippen LogP contribution in [0, 0.1) is 18.3 Å². The molecule has 80 valence electrons. The standard InChI is InChI=1S/C11H20N2O/c1-5-7-9(4)13-11(14)10(12)8(3)6-2/h1,8-10H,6-7,12H2,2-4H3,(H,13,14)/t8?,9?,10-/m0/s1. The van der Waals surface area contributed by atoms with Crippen LogP contribution in [0.1, 0.15) is 33.6 Å². The van der Waals surface area contributed by atoms with Gasteiger partial charge in [-0.3, -0.25) is 4.79 Å². The van der Waals surface area contributed by atoms with Crippen molar-refractivity contribution < 1.29 is 4.79 Å². The first kappa shape index (κ1) is 13.0. The number of nitrogens with one attached hydrogen (secondary N) is 1. The average molecular weight is 196 g/mol. The van der Waals surface area contributed by atoms with Crippen LogP contribution >= 0.6 is 0 Å². The fourth-order valence-electron chi connectivity index (χ4n) is 1.08. The molecule has 0 aliphatic carbocycles. The monoisotopic (exact) mass is 196 g/mol. The maximum absolute atomic E-state index is 11.5. The Balaban J connectivity index is 4.02. The van der Waals surface area contributed by atoms with Gasteiger partial charge in [-0.05, 0) is 12.8 Å². The smallest absolute Gasteiger partial charge is 0.237 e. The molecule has 3 N–H and O–H groups in total. The quantitative estimate of drug-likeness (QED) is 0.642. The largest absolute Gasteiger partial charge is 0.351 e. The Kier molecular flexibility index (Phi) is 5.98. The summed E-state index contributed by atoms with van der Waals surface area (Å²) < 4.78 is 0. The Morgan fingerprint density at radius 1 is 1.57 bits per heavy atom. The molecule has 0 aromatic rings. The van der Waals surface area contributed by atoms with Crippen molar-refractivity contribution in [1.82, 2.24) is 5.32 Å². The van der Waals surface area contributed by atoms with Crippen molar-refractivity contribution in [3.05, 3.63) is 0 Å². The molecular weight excluding hydrogens is 176 g/mol. The van der Waals surface area contributed by atoms with Crippen molar-refractivity contribution in [2.45, 2.75) is 45.7 Å². The van der Waals surface area contributed by atoms with Gasteiger partial charge in [0, 0.05) is 12.5 Å². The number of hydrogen-bond donors (Lipinski definition) is 2. The zero-order chi connectivity index (χ0) is 11.1. The maximum Gasteiger partial charge on any atom is 0.237 e. The van der Waals surface area contributed by atoms with E-state index >= 15 is 0 Å². The highest BCUT2D eigenvalue weighted by molar-refractivity contribution is 5.82. The number of rotatable bonds is 5. The predicted octanol–water partition coefficient (Wildman–Crippen LogP) is 0.888. The van der Waals surface area contributed by atoms with Crippen molar-refractivity contribution in [1.29, 1.82) is 0 Å². The van der Waals surface area contributed by atoms with Gasteiger partial charge in [0.1, 0.15) is 0 Å². The van der Waals surface area contributed by atoms with Crippen molar-refractivity contribution in [3.8, 4) is 12.3 Å². The topological polar surface area (TPSA) is 55.1 Å². The van der Waals surface area contributed by atoms with E-state index in [1.807, 2.05) is 20.8 Å². The lowest BCUT2D eigenvalue weighted by atomic mass is 9.99. The highest BCUT2D eigenvalue weighted by atomic mass is 16.2. The van der Waals surface area contributed by atoms with Gasteiger partial charge in [0.15, 0.2) is 0 Å². The normalized spacial score (nSPS) is 16.5. The molecular formula is C11H20N2O. The highest BCUT2D eigenvalue weighted by Crippen LogP contribution is 2.05. The lowest BCUT2D eigenvalue weighted by Gasteiger charge is -2.20. The number of carbonyl (C=O) groups is 1. The molecule has 0 saturated carbocycles. The van der Waals surface area contributed by atoms with Crippen molar-refractivity contribution in [2.75, 3.05) is 0 Å². The third-order valence-electron chi connectivity index (χ3n) is 2.37. The van der Waals surface area contributed by atoms with Crippen LogP contribution in [-0.2, 0) is 4.79 Å². The minimum absolute atomic E-state index is 0.00241. The van der Waals surface area contributed by atoms with E-state index in [9.17, 15) is 4.79 Å². The Hall–Kier alpha value is -1.01. The summed E-state index contributed by atoms with van der Waals surface area (Å²) in [5.74, 6) is 2.59. The minimum Gasteiger partial charge on any atom is -0.351 e. The summed E-state index contributed by atoms with van der Waals surface area (Å²) in [5, 5.41) is 2.79. The van der Waals surface area contributed by atoms with Crippen molar-refractivity contribution >= 4 is 5.91 Å². The molecule has 0 fully saturated rings. The second kappa shape index (κ2) is 6.44. The summed E-state index contributed by atoms with van der Waals surface area (Å²) in [4.78, 5) is 11.5. The van der Waals surface area contributed by atoms with Gasteiger partial charge in [-0.25, -0.2) is 0 Å². The molecule has 0 spiro atoms. The third-order valence-corrected chi connectivity index (χ3v) is 2.37.